The molecule has 0 radical (unpaired) electrons. The molecule has 0 aliphatic heterocycles. The summed E-state index contributed by atoms with van der Waals surface area (Å²) >= 11 is 0. The molecular weight excluding hydrogens is 294 g/mol. The predicted octanol–water partition coefficient (Wildman–Crippen LogP) is 2.47. The van der Waals surface area contributed by atoms with Crippen LogP contribution in [0.25, 0.3) is 0 Å². The Hall–Kier alpha value is -2.60. The maximum absolute atomic E-state index is 12.3. The molecule has 0 saturated heterocycles. The number of carbonyl (C=O) groups excluding carboxylic acids is 2. The van der Waals surface area contributed by atoms with Crippen LogP contribution in [0.4, 0.5) is 5.69 Å². The van der Waals surface area contributed by atoms with Crippen LogP contribution in [-0.4, -0.2) is 29.8 Å². The summed E-state index contributed by atoms with van der Waals surface area (Å²) in [6.07, 6.45) is 1.36. The van der Waals surface area contributed by atoms with Crippen LogP contribution in [0.1, 0.15) is 40.3 Å². The number of hydrogen-bond acceptors (Lipinski definition) is 4. The van der Waals surface area contributed by atoms with E-state index in [9.17, 15) is 9.59 Å². The van der Waals surface area contributed by atoms with Crippen molar-refractivity contribution in [3.8, 4) is 0 Å². The second-order valence-corrected chi connectivity index (χ2v) is 5.02. The van der Waals surface area contributed by atoms with E-state index in [4.69, 9.17) is 10.2 Å². The summed E-state index contributed by atoms with van der Waals surface area (Å²) in [5.41, 5.74) is 6.95. The molecule has 1 heterocycles. The van der Waals surface area contributed by atoms with Crippen LogP contribution in [0.15, 0.2) is 41.0 Å². The smallest absolute Gasteiger partial charge is 0.258 e. The topological polar surface area (TPSA) is 88.6 Å². The molecule has 0 aliphatic carbocycles. The molecule has 0 spiro atoms. The molecule has 0 bridgehead atoms. The number of benzene rings is 1. The zero-order valence-electron chi connectivity index (χ0n) is 13.3. The molecule has 0 aliphatic rings. The van der Waals surface area contributed by atoms with Crippen molar-refractivity contribution >= 4 is 17.5 Å². The fourth-order valence-corrected chi connectivity index (χ4v) is 2.23. The summed E-state index contributed by atoms with van der Waals surface area (Å²) in [5, 5.41) is 2.76. The lowest BCUT2D eigenvalue weighted by Crippen LogP contribution is -2.30. The van der Waals surface area contributed by atoms with E-state index in [0.717, 1.165) is 0 Å². The third-order valence-corrected chi connectivity index (χ3v) is 3.54. The fraction of sp³-hybridized carbons (Fsp3) is 0.294. The number of amides is 2. The molecule has 1 aromatic carbocycles. The van der Waals surface area contributed by atoms with Crippen LogP contribution in [0.2, 0.25) is 0 Å². The summed E-state index contributed by atoms with van der Waals surface area (Å²) in [6.45, 7) is 5.38. The van der Waals surface area contributed by atoms with Crippen LogP contribution in [0, 0.1) is 0 Å². The van der Waals surface area contributed by atoms with Gasteiger partial charge in [-0.1, -0.05) is 6.07 Å². The number of nitrogens with one attached hydrogen (secondary N) is 1. The highest BCUT2D eigenvalue weighted by Gasteiger charge is 2.14. The summed E-state index contributed by atoms with van der Waals surface area (Å²) in [5.74, 6) is 0.182. The molecule has 23 heavy (non-hydrogen) atoms. The van der Waals surface area contributed by atoms with Gasteiger partial charge in [-0.2, -0.15) is 0 Å². The maximum Gasteiger partial charge on any atom is 0.258 e. The lowest BCUT2D eigenvalue weighted by molar-refractivity contribution is 0.0772. The van der Waals surface area contributed by atoms with E-state index in [1.165, 1.54) is 6.26 Å². The van der Waals surface area contributed by atoms with Gasteiger partial charge in [0.15, 0.2) is 0 Å². The summed E-state index contributed by atoms with van der Waals surface area (Å²) in [6, 6.07) is 8.48. The van der Waals surface area contributed by atoms with E-state index in [1.54, 1.807) is 35.2 Å². The molecule has 2 amide bonds. The normalized spacial score (nSPS) is 10.4. The lowest BCUT2D eigenvalue weighted by atomic mass is 10.1. The minimum atomic E-state index is -0.305. The first-order valence-electron chi connectivity index (χ1n) is 7.57. The van der Waals surface area contributed by atoms with Gasteiger partial charge in [-0.05, 0) is 38.1 Å². The Labute approximate surface area is 135 Å². The van der Waals surface area contributed by atoms with E-state index in [-0.39, 0.29) is 18.4 Å². The van der Waals surface area contributed by atoms with Crippen molar-refractivity contribution in [1.29, 1.82) is 0 Å². The Morgan fingerprint density at radius 3 is 2.52 bits per heavy atom. The third kappa shape index (κ3) is 3.98. The molecule has 6 heteroatoms. The largest absolute Gasteiger partial charge is 0.467 e. The number of nitrogens with zero attached hydrogens (tertiary/aromatic N) is 1. The number of anilines is 1. The van der Waals surface area contributed by atoms with Gasteiger partial charge >= 0.3 is 0 Å². The predicted molar refractivity (Wildman–Crippen MR) is 88.2 cm³/mol. The number of rotatable bonds is 6. The monoisotopic (exact) mass is 315 g/mol. The van der Waals surface area contributed by atoms with Gasteiger partial charge in [-0.25, -0.2) is 0 Å². The third-order valence-electron chi connectivity index (χ3n) is 3.54. The van der Waals surface area contributed by atoms with Gasteiger partial charge in [0.05, 0.1) is 12.1 Å². The van der Waals surface area contributed by atoms with Gasteiger partial charge in [0.25, 0.3) is 11.8 Å². The van der Waals surface area contributed by atoms with E-state index in [2.05, 4.69) is 5.32 Å². The molecule has 122 valence electrons. The lowest BCUT2D eigenvalue weighted by Gasteiger charge is -2.18. The van der Waals surface area contributed by atoms with Gasteiger partial charge in [-0.15, -0.1) is 0 Å². The Kier molecular flexibility index (Phi) is 5.54. The van der Waals surface area contributed by atoms with Crippen LogP contribution in [0.3, 0.4) is 0 Å². The average molecular weight is 315 g/mol. The van der Waals surface area contributed by atoms with Gasteiger partial charge < -0.3 is 20.4 Å². The molecule has 6 nitrogen and oxygen atoms in total. The molecule has 2 rings (SSSR count). The van der Waals surface area contributed by atoms with Crippen LogP contribution in [-0.2, 0) is 6.54 Å². The second kappa shape index (κ2) is 7.60. The maximum atomic E-state index is 12.3. The Balaban J connectivity index is 2.13. The van der Waals surface area contributed by atoms with E-state index < -0.39 is 0 Å². The van der Waals surface area contributed by atoms with E-state index in [1.807, 2.05) is 13.8 Å². The van der Waals surface area contributed by atoms with Crippen molar-refractivity contribution in [2.45, 2.75) is 20.4 Å². The second-order valence-electron chi connectivity index (χ2n) is 5.02. The van der Waals surface area contributed by atoms with Gasteiger partial charge in [0.2, 0.25) is 0 Å². The Morgan fingerprint density at radius 2 is 1.91 bits per heavy atom. The van der Waals surface area contributed by atoms with Gasteiger partial charge in [0, 0.05) is 24.3 Å². The quantitative estimate of drug-likeness (QED) is 0.857. The first-order valence-corrected chi connectivity index (χ1v) is 7.57. The highest BCUT2D eigenvalue weighted by molar-refractivity contribution is 6.05. The zero-order valence-corrected chi connectivity index (χ0v) is 13.3. The molecule has 1 aromatic heterocycles. The highest BCUT2D eigenvalue weighted by Crippen LogP contribution is 2.15. The van der Waals surface area contributed by atoms with Gasteiger partial charge in [0.1, 0.15) is 12.0 Å². The molecular formula is C17H21N3O3. The van der Waals surface area contributed by atoms with Crippen molar-refractivity contribution in [3.05, 3.63) is 53.5 Å². The Morgan fingerprint density at radius 1 is 1.17 bits per heavy atom. The molecule has 0 unspecified atom stereocenters. The van der Waals surface area contributed by atoms with Crippen molar-refractivity contribution in [3.63, 3.8) is 0 Å². The number of nitrogens with two attached hydrogens (primary N) is 1. The number of furan rings is 1. The van der Waals surface area contributed by atoms with Crippen LogP contribution >= 0.6 is 0 Å². The van der Waals surface area contributed by atoms with Crippen LogP contribution < -0.4 is 11.1 Å². The molecule has 2 aromatic rings. The van der Waals surface area contributed by atoms with E-state index >= 15 is 0 Å². The highest BCUT2D eigenvalue weighted by atomic mass is 16.3. The first-order chi connectivity index (χ1) is 11.1. The van der Waals surface area contributed by atoms with Crippen molar-refractivity contribution in [2.24, 2.45) is 5.73 Å². The summed E-state index contributed by atoms with van der Waals surface area (Å²) in [7, 11) is 0. The van der Waals surface area contributed by atoms with Crippen molar-refractivity contribution in [1.82, 2.24) is 4.90 Å². The molecule has 3 N–H and O–H groups in total. The van der Waals surface area contributed by atoms with E-state index in [0.29, 0.717) is 35.7 Å². The van der Waals surface area contributed by atoms with Crippen molar-refractivity contribution in [2.75, 3.05) is 18.4 Å². The molecule has 0 saturated carbocycles. The average Bonchev–Trinajstić information content (AvgIpc) is 3.05. The molecule has 0 atom stereocenters. The zero-order chi connectivity index (χ0) is 16.8. The Bertz CT molecular complexity index is 690. The summed E-state index contributed by atoms with van der Waals surface area (Å²) < 4.78 is 5.15. The fourth-order valence-electron chi connectivity index (χ4n) is 2.23. The minimum absolute atomic E-state index is 0.0557. The molecule has 0 fully saturated rings. The van der Waals surface area contributed by atoms with Gasteiger partial charge in [-0.3, -0.25) is 9.59 Å². The summed E-state index contributed by atoms with van der Waals surface area (Å²) in [4.78, 5) is 26.2. The van der Waals surface area contributed by atoms with Crippen LogP contribution in [0.5, 0.6) is 0 Å². The number of hydrogen-bond donors (Lipinski definition) is 2. The number of carbonyl (C=O) groups is 2. The standard InChI is InChI=1S/C17H21N3O3/c1-3-20(4-2)17(22)12-6-5-7-14(8-12)19-16(21)13-9-15(10-18)23-11-13/h5-9,11H,3-4,10,18H2,1-2H3,(H,19,21). The first kappa shape index (κ1) is 16.8. The SMILES string of the molecule is CCN(CC)C(=O)c1cccc(NC(=O)c2coc(CN)c2)c1. The minimum Gasteiger partial charge on any atom is -0.467 e. The van der Waals surface area contributed by atoms with Crippen molar-refractivity contribution < 1.29 is 14.0 Å².